The van der Waals surface area contributed by atoms with Crippen LogP contribution < -0.4 is 0 Å². The maximum atomic E-state index is 11.8. The highest BCUT2D eigenvalue weighted by molar-refractivity contribution is 5.93. The van der Waals surface area contributed by atoms with Crippen LogP contribution in [-0.2, 0) is 22.4 Å². The van der Waals surface area contributed by atoms with Crippen molar-refractivity contribution in [3.63, 3.8) is 0 Å². The van der Waals surface area contributed by atoms with Gasteiger partial charge in [-0.2, -0.15) is 0 Å². The van der Waals surface area contributed by atoms with Crippen molar-refractivity contribution in [3.8, 4) is 0 Å². The first-order valence-corrected chi connectivity index (χ1v) is 8.54. The normalized spacial score (nSPS) is 11.0. The summed E-state index contributed by atoms with van der Waals surface area (Å²) in [7, 11) is 0. The molecule has 0 aliphatic rings. The molecule has 1 aromatic carbocycles. The van der Waals surface area contributed by atoms with Gasteiger partial charge < -0.3 is 4.74 Å². The van der Waals surface area contributed by atoms with Crippen molar-refractivity contribution in [2.75, 3.05) is 13.2 Å². The predicted molar refractivity (Wildman–Crippen MR) is 97.9 cm³/mol. The Hall–Kier alpha value is -2.26. The second kappa shape index (κ2) is 10.5. The van der Waals surface area contributed by atoms with E-state index in [-0.39, 0.29) is 5.78 Å². The van der Waals surface area contributed by atoms with E-state index in [1.54, 1.807) is 12.3 Å². The summed E-state index contributed by atoms with van der Waals surface area (Å²) < 4.78 is 5.23. The molecule has 0 atom stereocenters. The quantitative estimate of drug-likeness (QED) is 0.484. The molecule has 1 aromatic heterocycles. The number of aryl methyl sites for hydroxylation is 2. The van der Waals surface area contributed by atoms with Gasteiger partial charge in [-0.25, -0.2) is 0 Å². The van der Waals surface area contributed by atoms with Gasteiger partial charge in [-0.05, 0) is 55.0 Å². The average molecular weight is 323 g/mol. The van der Waals surface area contributed by atoms with Crippen molar-refractivity contribution in [3.05, 3.63) is 71.6 Å². The molecule has 0 saturated carbocycles. The zero-order valence-corrected chi connectivity index (χ0v) is 14.3. The Balaban J connectivity index is 1.77. The Morgan fingerprint density at radius 2 is 1.92 bits per heavy atom. The van der Waals surface area contributed by atoms with Crippen LogP contribution >= 0.6 is 0 Å². The first-order valence-electron chi connectivity index (χ1n) is 8.54. The lowest BCUT2D eigenvalue weighted by Gasteiger charge is -2.02. The lowest BCUT2D eigenvalue weighted by Crippen LogP contribution is -1.98. The van der Waals surface area contributed by atoms with E-state index in [4.69, 9.17) is 4.74 Å². The fourth-order valence-electron chi connectivity index (χ4n) is 2.40. The van der Waals surface area contributed by atoms with Crippen LogP contribution in [0.25, 0.3) is 6.08 Å². The van der Waals surface area contributed by atoms with Gasteiger partial charge in [0.05, 0.1) is 0 Å². The molecule has 0 aliphatic heterocycles. The van der Waals surface area contributed by atoms with Crippen molar-refractivity contribution >= 4 is 11.9 Å². The number of hydrogen-bond acceptors (Lipinski definition) is 3. The molecule has 0 bridgehead atoms. The largest absolute Gasteiger partial charge is 0.382 e. The third kappa shape index (κ3) is 6.88. The van der Waals surface area contributed by atoms with Gasteiger partial charge in [-0.15, -0.1) is 0 Å². The number of aromatic nitrogens is 1. The summed E-state index contributed by atoms with van der Waals surface area (Å²) in [6.45, 7) is 3.32. The van der Waals surface area contributed by atoms with Gasteiger partial charge in [0, 0.05) is 32.0 Å². The van der Waals surface area contributed by atoms with Crippen molar-refractivity contribution in [2.24, 2.45) is 0 Å². The maximum absolute atomic E-state index is 11.8. The molecule has 2 aromatic rings. The zero-order valence-electron chi connectivity index (χ0n) is 14.3. The van der Waals surface area contributed by atoms with Crippen LogP contribution in [0.1, 0.15) is 36.5 Å². The van der Waals surface area contributed by atoms with Crippen LogP contribution in [0.4, 0.5) is 0 Å². The highest BCUT2D eigenvalue weighted by Crippen LogP contribution is 2.10. The van der Waals surface area contributed by atoms with E-state index in [0.29, 0.717) is 19.6 Å². The number of nitrogens with zero attached hydrogens (tertiary/aromatic N) is 1. The Labute approximate surface area is 144 Å². The molecule has 0 spiro atoms. The van der Waals surface area contributed by atoms with Gasteiger partial charge in [0.25, 0.3) is 0 Å². The van der Waals surface area contributed by atoms with Crippen LogP contribution in [0.2, 0.25) is 0 Å². The van der Waals surface area contributed by atoms with Crippen LogP contribution in [0.3, 0.4) is 0 Å². The van der Waals surface area contributed by atoms with E-state index < -0.39 is 0 Å². The molecule has 0 amide bonds. The number of hydrogen-bond donors (Lipinski definition) is 0. The van der Waals surface area contributed by atoms with E-state index in [1.165, 1.54) is 11.1 Å². The van der Waals surface area contributed by atoms with E-state index in [1.807, 2.05) is 25.3 Å². The van der Waals surface area contributed by atoms with Gasteiger partial charge >= 0.3 is 0 Å². The van der Waals surface area contributed by atoms with Crippen LogP contribution in [0.5, 0.6) is 0 Å². The minimum absolute atomic E-state index is 0.148. The Morgan fingerprint density at radius 1 is 1.12 bits per heavy atom. The summed E-state index contributed by atoms with van der Waals surface area (Å²) in [6.07, 6.45) is 10.6. The summed E-state index contributed by atoms with van der Waals surface area (Å²) in [6, 6.07) is 12.4. The second-order valence-electron chi connectivity index (χ2n) is 5.70. The van der Waals surface area contributed by atoms with E-state index in [9.17, 15) is 4.79 Å². The third-order valence-electron chi connectivity index (χ3n) is 3.78. The molecular formula is C21H25NO2. The topological polar surface area (TPSA) is 39.2 Å². The minimum Gasteiger partial charge on any atom is -0.382 e. The monoisotopic (exact) mass is 323 g/mol. The van der Waals surface area contributed by atoms with Crippen molar-refractivity contribution in [1.82, 2.24) is 4.98 Å². The fourth-order valence-corrected chi connectivity index (χ4v) is 2.40. The molecule has 24 heavy (non-hydrogen) atoms. The Bertz CT molecular complexity index is 633. The van der Waals surface area contributed by atoms with Crippen LogP contribution in [0, 0.1) is 0 Å². The molecule has 0 fully saturated rings. The predicted octanol–water partition coefficient (Wildman–Crippen LogP) is 4.27. The molecule has 2 rings (SSSR count). The maximum Gasteiger partial charge on any atom is 0.155 e. The number of allylic oxidation sites excluding steroid dienone is 1. The van der Waals surface area contributed by atoms with Gasteiger partial charge in [0.1, 0.15) is 0 Å². The lowest BCUT2D eigenvalue weighted by molar-refractivity contribution is -0.114. The summed E-state index contributed by atoms with van der Waals surface area (Å²) in [4.78, 5) is 15.9. The molecule has 0 saturated heterocycles. The van der Waals surface area contributed by atoms with Crippen molar-refractivity contribution in [2.45, 2.75) is 32.6 Å². The molecule has 0 aliphatic carbocycles. The molecule has 0 radical (unpaired) electrons. The number of rotatable bonds is 10. The molecule has 0 N–H and O–H groups in total. The summed E-state index contributed by atoms with van der Waals surface area (Å²) in [5.74, 6) is 0.148. The van der Waals surface area contributed by atoms with E-state index in [0.717, 1.165) is 24.8 Å². The standard InChI is InChI=1S/C21H25NO2/c1-2-24-16-4-6-21(23)14-13-19-9-7-18(8-10-19)11-12-20-5-3-15-22-17-20/h3,5,7-10,13-15,17H,2,4,6,11-12,16H2,1H3. The third-order valence-corrected chi connectivity index (χ3v) is 3.78. The first-order chi connectivity index (χ1) is 11.8. The molecule has 1 heterocycles. The number of pyridine rings is 1. The van der Waals surface area contributed by atoms with E-state index in [2.05, 4.69) is 35.3 Å². The number of benzene rings is 1. The molecular weight excluding hydrogens is 298 g/mol. The van der Waals surface area contributed by atoms with Crippen molar-refractivity contribution < 1.29 is 9.53 Å². The highest BCUT2D eigenvalue weighted by atomic mass is 16.5. The number of carbonyl (C=O) groups is 1. The van der Waals surface area contributed by atoms with Gasteiger partial charge in [-0.1, -0.05) is 36.4 Å². The zero-order chi connectivity index (χ0) is 17.0. The highest BCUT2D eigenvalue weighted by Gasteiger charge is 1.98. The number of carbonyl (C=O) groups excluding carboxylic acids is 1. The molecule has 126 valence electrons. The van der Waals surface area contributed by atoms with Gasteiger partial charge in [0.15, 0.2) is 5.78 Å². The number of ether oxygens (including phenoxy) is 1. The average Bonchev–Trinajstić information content (AvgIpc) is 2.63. The molecule has 3 heteroatoms. The molecule has 0 unspecified atom stereocenters. The van der Waals surface area contributed by atoms with Gasteiger partial charge in [0.2, 0.25) is 0 Å². The minimum atomic E-state index is 0.148. The van der Waals surface area contributed by atoms with Crippen LogP contribution in [-0.4, -0.2) is 24.0 Å². The lowest BCUT2D eigenvalue weighted by atomic mass is 10.0. The summed E-state index contributed by atoms with van der Waals surface area (Å²) in [5.41, 5.74) is 3.59. The second-order valence-corrected chi connectivity index (χ2v) is 5.70. The van der Waals surface area contributed by atoms with Crippen molar-refractivity contribution in [1.29, 1.82) is 0 Å². The SMILES string of the molecule is CCOCCCC(=O)C=Cc1ccc(CCc2cccnc2)cc1. The van der Waals surface area contributed by atoms with Crippen LogP contribution in [0.15, 0.2) is 54.9 Å². The molecule has 3 nitrogen and oxygen atoms in total. The smallest absolute Gasteiger partial charge is 0.155 e. The Kier molecular flexibility index (Phi) is 7.91. The summed E-state index contributed by atoms with van der Waals surface area (Å²) >= 11 is 0. The fraction of sp³-hybridized carbons (Fsp3) is 0.333. The first kappa shape index (κ1) is 18.1. The van der Waals surface area contributed by atoms with E-state index >= 15 is 0 Å². The number of ketones is 1. The summed E-state index contributed by atoms with van der Waals surface area (Å²) in [5, 5.41) is 0. The Morgan fingerprint density at radius 3 is 2.62 bits per heavy atom. The van der Waals surface area contributed by atoms with Gasteiger partial charge in [-0.3, -0.25) is 9.78 Å².